The Morgan fingerprint density at radius 2 is 1.25 bits per heavy atom. The molecule has 2 nitrogen and oxygen atoms in total. The second-order valence-electron chi connectivity index (χ2n) is 0. The van der Waals surface area contributed by atoms with Crippen molar-refractivity contribution in [1.29, 1.82) is 0 Å². The largest absolute Gasteiger partial charge is 0.281 e. The maximum absolute atomic E-state index is 7.50. The third kappa shape index (κ3) is 55.1. The van der Waals surface area contributed by atoms with Crippen LogP contribution in [0.2, 0.25) is 0 Å². The molecule has 0 unspecified atom stereocenters. The van der Waals surface area contributed by atoms with E-state index in [1.54, 1.807) is 0 Å². The topological polar surface area (TPSA) is 47.6 Å². The van der Waals surface area contributed by atoms with Gasteiger partial charge in [-0.2, -0.15) is 0 Å². The monoisotopic (exact) mass is 145 g/mol. The van der Waals surface area contributed by atoms with E-state index in [1.165, 1.54) is 0 Å². The summed E-state index contributed by atoms with van der Waals surface area (Å²) in [6.07, 6.45) is 0. The molecule has 0 atom stereocenters. The first-order chi connectivity index (χ1) is 1.00. The van der Waals surface area contributed by atoms with Gasteiger partial charge < -0.3 is 0 Å². The molecule has 0 saturated heterocycles. The number of carbonyl (C=O) groups excluding carboxylic acids is 1. The molecule has 0 rings (SSSR count). The molecule has 0 aromatic heterocycles. The Morgan fingerprint density at radius 3 is 1.25 bits per heavy atom. The molecule has 0 bridgehead atoms. The van der Waals surface area contributed by atoms with Crippen LogP contribution < -0.4 is 6.15 Å². The second-order valence-corrected chi connectivity index (χ2v) is 0. The Morgan fingerprint density at radius 1 is 1.25 bits per heavy atom. The number of rotatable bonds is 0. The fraction of sp³-hybridized carbons (Fsp3) is 0. The standard InChI is InChI=1S/CO.N.Rh/c1-2;;. The van der Waals surface area contributed by atoms with E-state index in [1.807, 2.05) is 0 Å². The molecule has 0 amide bonds. The van der Waals surface area contributed by atoms with Crippen LogP contribution in [0, 0.1) is 0 Å². The maximum Gasteiger partial charge on any atom is 0.281 e. The van der Waals surface area contributed by atoms with Gasteiger partial charge >= 0.3 is 0 Å². The van der Waals surface area contributed by atoms with E-state index in [0.29, 0.717) is 0 Å². The van der Waals surface area contributed by atoms with Gasteiger partial charge in [-0.05, 0) is 0 Å². The van der Waals surface area contributed by atoms with Crippen molar-refractivity contribution in [2.24, 2.45) is 0 Å². The van der Waals surface area contributed by atoms with Gasteiger partial charge in [-0.25, -0.2) is 0 Å². The van der Waals surface area contributed by atoms with Gasteiger partial charge in [-0.3, -0.25) is 4.79 Å². The van der Waals surface area contributed by atoms with Gasteiger partial charge in [0.25, 0.3) is 6.79 Å². The van der Waals surface area contributed by atoms with Crippen LogP contribution in [0.15, 0.2) is 0 Å². The smallest absolute Gasteiger partial charge is 0.281 e. The van der Waals surface area contributed by atoms with Gasteiger partial charge in [-0.15, -0.1) is 0 Å². The van der Waals surface area contributed by atoms with E-state index in [9.17, 15) is 0 Å². The molecule has 0 aliphatic rings. The molecule has 24 valence electrons. The van der Waals surface area contributed by atoms with Crippen LogP contribution in [0.5, 0.6) is 0 Å². The van der Waals surface area contributed by atoms with Crippen molar-refractivity contribution in [2.75, 3.05) is 0 Å². The van der Waals surface area contributed by atoms with Gasteiger partial charge in [0, 0.05) is 25.6 Å². The summed E-state index contributed by atoms with van der Waals surface area (Å²) < 4.78 is 0. The van der Waals surface area contributed by atoms with Crippen LogP contribution in [0.4, 0.5) is 0 Å². The van der Waals surface area contributed by atoms with E-state index in [4.69, 9.17) is 4.79 Å². The Labute approximate surface area is 37.9 Å². The Balaban J connectivity index is -0.00000000500. The summed E-state index contributed by atoms with van der Waals surface area (Å²) in [5, 5.41) is 0. The van der Waals surface area contributed by atoms with Gasteiger partial charge in [0.1, 0.15) is 0 Å². The van der Waals surface area contributed by atoms with E-state index in [2.05, 4.69) is 6.79 Å². The summed E-state index contributed by atoms with van der Waals surface area (Å²) >= 11 is 0. The first kappa shape index (κ1) is 28.7. The predicted octanol–water partition coefficient (Wildman–Crippen LogP) is -0.880. The van der Waals surface area contributed by atoms with Crippen molar-refractivity contribution < 1.29 is 24.3 Å². The average molecular weight is 145 g/mol. The van der Waals surface area contributed by atoms with Crippen molar-refractivity contribution in [1.82, 2.24) is 6.15 Å². The van der Waals surface area contributed by atoms with Crippen LogP contribution in [0.25, 0.3) is 0 Å². The number of nitrogens with zero attached hydrogens (tertiary/aromatic N) is 1. The first-order valence-electron chi connectivity index (χ1n) is 0.204. The zero-order valence-corrected chi connectivity index (χ0v) is 3.33. The molecule has 6 radical (unpaired) electrons. The second kappa shape index (κ2) is 257. The third-order valence-electron chi connectivity index (χ3n) is 0. The average Bonchev–Trinajstić information content (AvgIpc) is 1.00. The molecule has 0 aromatic rings. The first-order valence-corrected chi connectivity index (χ1v) is 0.204. The number of hydrogen-bond donors (Lipinski definition) is 0. The minimum atomic E-state index is 0. The van der Waals surface area contributed by atoms with Crippen molar-refractivity contribution in [2.45, 2.75) is 0 Å². The van der Waals surface area contributed by atoms with Crippen molar-refractivity contribution in [3.05, 3.63) is 0 Å². The summed E-state index contributed by atoms with van der Waals surface area (Å²) in [4.78, 5) is 7.50. The zero-order chi connectivity index (χ0) is 2.00. The fourth-order valence-corrected chi connectivity index (χ4v) is 0. The molecule has 0 N–H and O–H groups in total. The van der Waals surface area contributed by atoms with Crippen LogP contribution in [-0.2, 0) is 24.3 Å². The molecular weight excluding hydrogens is 145 g/mol. The van der Waals surface area contributed by atoms with E-state index in [-0.39, 0.29) is 25.6 Å². The minimum Gasteiger partial charge on any atom is -0.281 e. The van der Waals surface area contributed by atoms with Crippen molar-refractivity contribution in [3.8, 4) is 0 Å². The molecule has 0 aromatic carbocycles. The van der Waals surface area contributed by atoms with Gasteiger partial charge in [-0.1, -0.05) is 0 Å². The van der Waals surface area contributed by atoms with Gasteiger partial charge in [0.15, 0.2) is 0 Å². The third-order valence-corrected chi connectivity index (χ3v) is 0. The molecule has 0 heterocycles. The molecular formula is CNORh. The van der Waals surface area contributed by atoms with Crippen LogP contribution in [0.3, 0.4) is 0 Å². The summed E-state index contributed by atoms with van der Waals surface area (Å²) in [7, 11) is 0. The summed E-state index contributed by atoms with van der Waals surface area (Å²) in [5.41, 5.74) is 0. The molecule has 0 aliphatic carbocycles. The fourth-order valence-electron chi connectivity index (χ4n) is 0. The quantitative estimate of drug-likeness (QED) is 0.408. The van der Waals surface area contributed by atoms with Crippen molar-refractivity contribution in [3.63, 3.8) is 0 Å². The van der Waals surface area contributed by atoms with E-state index < -0.39 is 0 Å². The Bertz CT molecular complexity index is 8.00. The Kier molecular flexibility index (Phi) is 1840. The molecule has 0 saturated carbocycles. The van der Waals surface area contributed by atoms with Crippen molar-refractivity contribution >= 4 is 6.79 Å². The zero-order valence-electron chi connectivity index (χ0n) is 1.69. The van der Waals surface area contributed by atoms with Gasteiger partial charge in [0.05, 0.1) is 0 Å². The predicted molar refractivity (Wildman–Crippen MR) is 7.83 cm³/mol. The Hall–Kier alpha value is 0.253. The van der Waals surface area contributed by atoms with Crippen LogP contribution >= 0.6 is 0 Å². The van der Waals surface area contributed by atoms with Crippen LogP contribution in [0.1, 0.15) is 0 Å². The van der Waals surface area contributed by atoms with E-state index >= 15 is 0 Å². The molecule has 3 heteroatoms. The van der Waals surface area contributed by atoms with Gasteiger partial charge in [0.2, 0.25) is 0 Å². The molecule has 0 aliphatic heterocycles. The maximum atomic E-state index is 7.50. The molecule has 4 heavy (non-hydrogen) atoms. The normalized spacial score (nSPS) is 1.00. The minimum absolute atomic E-state index is 0. The molecule has 0 fully saturated rings. The number of hydrogen-bond acceptors (Lipinski definition) is 1. The summed E-state index contributed by atoms with van der Waals surface area (Å²) in [6, 6.07) is 0. The van der Waals surface area contributed by atoms with Crippen LogP contribution in [-0.4, -0.2) is 6.79 Å². The SMILES string of the molecule is [C]=O.[N].[Rh]. The summed E-state index contributed by atoms with van der Waals surface area (Å²) in [5.74, 6) is 0. The molecule has 0 spiro atoms. The van der Waals surface area contributed by atoms with E-state index in [0.717, 1.165) is 0 Å². The summed E-state index contributed by atoms with van der Waals surface area (Å²) in [6.45, 7) is 4.50.